The monoisotopic (exact) mass is 222 g/mol. The van der Waals surface area contributed by atoms with Crippen molar-refractivity contribution in [3.63, 3.8) is 0 Å². The minimum Gasteiger partial charge on any atom is -0.481 e. The SMILES string of the molecule is COc1cc(N2CCC(C(=O)O)C2)ccn1. The molecule has 0 bridgehead atoms. The number of carbonyl (C=O) groups is 1. The van der Waals surface area contributed by atoms with Gasteiger partial charge in [-0.1, -0.05) is 0 Å². The van der Waals surface area contributed by atoms with E-state index < -0.39 is 5.97 Å². The predicted molar refractivity (Wildman–Crippen MR) is 58.7 cm³/mol. The first-order valence-electron chi connectivity index (χ1n) is 5.18. The Kier molecular flexibility index (Phi) is 2.94. The van der Waals surface area contributed by atoms with Crippen LogP contribution in [0, 0.1) is 5.92 Å². The van der Waals surface area contributed by atoms with Crippen LogP contribution in [0.5, 0.6) is 5.88 Å². The van der Waals surface area contributed by atoms with Crippen molar-refractivity contribution in [3.05, 3.63) is 18.3 Å². The van der Waals surface area contributed by atoms with Crippen LogP contribution in [0.3, 0.4) is 0 Å². The van der Waals surface area contributed by atoms with Gasteiger partial charge in [0, 0.05) is 31.0 Å². The number of aromatic nitrogens is 1. The zero-order chi connectivity index (χ0) is 11.5. The van der Waals surface area contributed by atoms with E-state index in [9.17, 15) is 4.79 Å². The molecule has 1 atom stereocenters. The molecule has 0 spiro atoms. The number of carboxylic acids is 1. The molecule has 1 aromatic heterocycles. The lowest BCUT2D eigenvalue weighted by Gasteiger charge is -2.18. The number of pyridine rings is 1. The molecule has 86 valence electrons. The zero-order valence-corrected chi connectivity index (χ0v) is 9.09. The fourth-order valence-electron chi connectivity index (χ4n) is 1.90. The second-order valence-corrected chi connectivity index (χ2v) is 3.83. The summed E-state index contributed by atoms with van der Waals surface area (Å²) in [6.45, 7) is 1.33. The van der Waals surface area contributed by atoms with E-state index in [1.165, 1.54) is 0 Å². The molecule has 2 rings (SSSR count). The van der Waals surface area contributed by atoms with Crippen molar-refractivity contribution in [1.82, 2.24) is 4.98 Å². The lowest BCUT2D eigenvalue weighted by atomic mass is 10.1. The smallest absolute Gasteiger partial charge is 0.308 e. The average molecular weight is 222 g/mol. The maximum absolute atomic E-state index is 10.8. The number of rotatable bonds is 3. The van der Waals surface area contributed by atoms with Crippen molar-refractivity contribution in [1.29, 1.82) is 0 Å². The molecule has 2 heterocycles. The summed E-state index contributed by atoms with van der Waals surface area (Å²) in [7, 11) is 1.57. The Balaban J connectivity index is 2.11. The molecule has 5 heteroatoms. The number of hydrogen-bond acceptors (Lipinski definition) is 4. The molecule has 1 aliphatic heterocycles. The first kappa shape index (κ1) is 10.7. The van der Waals surface area contributed by atoms with Crippen molar-refractivity contribution in [2.24, 2.45) is 5.92 Å². The quantitative estimate of drug-likeness (QED) is 0.826. The molecule has 0 amide bonds. The van der Waals surface area contributed by atoms with Gasteiger partial charge in [0.05, 0.1) is 13.0 Å². The van der Waals surface area contributed by atoms with E-state index in [4.69, 9.17) is 9.84 Å². The first-order chi connectivity index (χ1) is 7.70. The molecule has 16 heavy (non-hydrogen) atoms. The second-order valence-electron chi connectivity index (χ2n) is 3.83. The van der Waals surface area contributed by atoms with Gasteiger partial charge in [0.25, 0.3) is 0 Å². The van der Waals surface area contributed by atoms with Gasteiger partial charge in [-0.05, 0) is 12.5 Å². The minimum absolute atomic E-state index is 0.265. The van der Waals surface area contributed by atoms with E-state index in [2.05, 4.69) is 4.98 Å². The highest BCUT2D eigenvalue weighted by Gasteiger charge is 2.28. The fourth-order valence-corrected chi connectivity index (χ4v) is 1.90. The van der Waals surface area contributed by atoms with E-state index in [0.29, 0.717) is 18.8 Å². The second kappa shape index (κ2) is 4.38. The van der Waals surface area contributed by atoms with Gasteiger partial charge < -0.3 is 14.7 Å². The molecule has 5 nitrogen and oxygen atoms in total. The van der Waals surface area contributed by atoms with Gasteiger partial charge in [0.15, 0.2) is 0 Å². The topological polar surface area (TPSA) is 62.7 Å². The number of ether oxygens (including phenoxy) is 1. The lowest BCUT2D eigenvalue weighted by molar-refractivity contribution is -0.140. The lowest BCUT2D eigenvalue weighted by Crippen LogP contribution is -2.22. The van der Waals surface area contributed by atoms with Gasteiger partial charge in [0.2, 0.25) is 5.88 Å². The van der Waals surface area contributed by atoms with Crippen LogP contribution >= 0.6 is 0 Å². The minimum atomic E-state index is -0.719. The van der Waals surface area contributed by atoms with Gasteiger partial charge >= 0.3 is 5.97 Å². The van der Waals surface area contributed by atoms with Crippen LogP contribution in [-0.2, 0) is 4.79 Å². The van der Waals surface area contributed by atoms with E-state index in [1.54, 1.807) is 13.3 Å². The largest absolute Gasteiger partial charge is 0.481 e. The molecular weight excluding hydrogens is 208 g/mol. The molecule has 0 radical (unpaired) electrons. The van der Waals surface area contributed by atoms with E-state index in [-0.39, 0.29) is 5.92 Å². The summed E-state index contributed by atoms with van der Waals surface area (Å²) in [5.74, 6) is -0.432. The Bertz CT molecular complexity index is 395. The van der Waals surface area contributed by atoms with Gasteiger partial charge in [-0.25, -0.2) is 4.98 Å². The highest BCUT2D eigenvalue weighted by atomic mass is 16.5. The van der Waals surface area contributed by atoms with Crippen molar-refractivity contribution in [2.75, 3.05) is 25.1 Å². The van der Waals surface area contributed by atoms with Crippen LogP contribution in [0.2, 0.25) is 0 Å². The molecule has 0 saturated carbocycles. The number of hydrogen-bond donors (Lipinski definition) is 1. The molecule has 1 aromatic rings. The van der Waals surface area contributed by atoms with E-state index in [1.807, 2.05) is 17.0 Å². The third-order valence-electron chi connectivity index (χ3n) is 2.83. The Hall–Kier alpha value is -1.78. The summed E-state index contributed by atoms with van der Waals surface area (Å²) < 4.78 is 5.03. The third kappa shape index (κ3) is 2.08. The van der Waals surface area contributed by atoms with Crippen LogP contribution in [0.25, 0.3) is 0 Å². The van der Waals surface area contributed by atoms with Gasteiger partial charge in [-0.3, -0.25) is 4.79 Å². The summed E-state index contributed by atoms with van der Waals surface area (Å²) in [6, 6.07) is 3.69. The summed E-state index contributed by atoms with van der Waals surface area (Å²) in [5.41, 5.74) is 0.968. The molecule has 1 saturated heterocycles. The third-order valence-corrected chi connectivity index (χ3v) is 2.83. The van der Waals surface area contributed by atoms with E-state index >= 15 is 0 Å². The Morgan fingerprint density at radius 2 is 2.50 bits per heavy atom. The molecule has 1 fully saturated rings. The van der Waals surface area contributed by atoms with Gasteiger partial charge in [-0.2, -0.15) is 0 Å². The van der Waals surface area contributed by atoms with Crippen molar-refractivity contribution in [3.8, 4) is 5.88 Å². The highest BCUT2D eigenvalue weighted by Crippen LogP contribution is 2.25. The van der Waals surface area contributed by atoms with Crippen LogP contribution in [0.15, 0.2) is 18.3 Å². The normalized spacial score (nSPS) is 19.8. The standard InChI is InChI=1S/C11H14N2O3/c1-16-10-6-9(2-4-12-10)13-5-3-8(7-13)11(14)15/h2,4,6,8H,3,5,7H2,1H3,(H,14,15). The average Bonchev–Trinajstić information content (AvgIpc) is 2.78. The summed E-state index contributed by atoms with van der Waals surface area (Å²) in [6.07, 6.45) is 2.36. The number of anilines is 1. The summed E-state index contributed by atoms with van der Waals surface area (Å²) in [5, 5.41) is 8.91. The van der Waals surface area contributed by atoms with Crippen molar-refractivity contribution in [2.45, 2.75) is 6.42 Å². The van der Waals surface area contributed by atoms with E-state index in [0.717, 1.165) is 12.2 Å². The number of aliphatic carboxylic acids is 1. The summed E-state index contributed by atoms with van der Waals surface area (Å²) >= 11 is 0. The first-order valence-corrected chi connectivity index (χ1v) is 5.18. The zero-order valence-electron chi connectivity index (χ0n) is 9.09. The molecule has 1 aliphatic rings. The molecule has 0 aromatic carbocycles. The maximum Gasteiger partial charge on any atom is 0.308 e. The maximum atomic E-state index is 10.8. The van der Waals surface area contributed by atoms with Crippen LogP contribution in [-0.4, -0.2) is 36.3 Å². The van der Waals surface area contributed by atoms with Crippen molar-refractivity contribution >= 4 is 11.7 Å². The number of methoxy groups -OCH3 is 1. The Morgan fingerprint density at radius 3 is 3.12 bits per heavy atom. The molecule has 0 aliphatic carbocycles. The summed E-state index contributed by atoms with van der Waals surface area (Å²) in [4.78, 5) is 16.9. The molecule has 1 N–H and O–H groups in total. The number of carboxylic acid groups (broad SMARTS) is 1. The Labute approximate surface area is 93.7 Å². The van der Waals surface area contributed by atoms with Gasteiger partial charge in [0.1, 0.15) is 0 Å². The molecular formula is C11H14N2O3. The Morgan fingerprint density at radius 1 is 1.69 bits per heavy atom. The molecule has 1 unspecified atom stereocenters. The van der Waals surface area contributed by atoms with Crippen molar-refractivity contribution < 1.29 is 14.6 Å². The van der Waals surface area contributed by atoms with Crippen LogP contribution in [0.4, 0.5) is 5.69 Å². The number of nitrogens with zero attached hydrogens (tertiary/aromatic N) is 2. The highest BCUT2D eigenvalue weighted by molar-refractivity contribution is 5.72. The van der Waals surface area contributed by atoms with Crippen LogP contribution < -0.4 is 9.64 Å². The van der Waals surface area contributed by atoms with Crippen LogP contribution in [0.1, 0.15) is 6.42 Å². The fraction of sp³-hybridized carbons (Fsp3) is 0.455. The predicted octanol–water partition coefficient (Wildman–Crippen LogP) is 1.00. The van der Waals surface area contributed by atoms with Gasteiger partial charge in [-0.15, -0.1) is 0 Å².